The van der Waals surface area contributed by atoms with Crippen molar-refractivity contribution >= 4 is 42.1 Å². The average Bonchev–Trinajstić information content (AvgIpc) is 2.56. The van der Waals surface area contributed by atoms with Crippen molar-refractivity contribution in [2.24, 2.45) is 0 Å². The summed E-state index contributed by atoms with van der Waals surface area (Å²) in [5, 5.41) is 0. The monoisotopic (exact) mass is 460 g/mol. The highest BCUT2D eigenvalue weighted by atomic mass is 28.5. The molecule has 0 aliphatic heterocycles. The lowest BCUT2D eigenvalue weighted by Crippen LogP contribution is -2.54. The minimum Gasteiger partial charge on any atom is -0.433 e. The van der Waals surface area contributed by atoms with E-state index in [1.54, 1.807) is 0 Å². The Balaban J connectivity index is 5.54. The Morgan fingerprint density at radius 2 is 1.07 bits per heavy atom. The molecule has 0 aromatic heterocycles. The second-order valence-corrected chi connectivity index (χ2v) is 30.4. The predicted octanol–water partition coefficient (Wildman–Crippen LogP) is 7.25. The molecule has 0 bridgehead atoms. The Morgan fingerprint density at radius 1 is 0.667 bits per heavy atom. The van der Waals surface area contributed by atoms with Gasteiger partial charge in [0.1, 0.15) is 0 Å². The summed E-state index contributed by atoms with van der Waals surface area (Å²) < 4.78 is 14.0. The molecule has 0 saturated carbocycles. The molecule has 0 unspecified atom stereocenters. The van der Waals surface area contributed by atoms with E-state index in [-0.39, 0.29) is 0 Å². The van der Waals surface area contributed by atoms with Crippen molar-refractivity contribution in [2.75, 3.05) is 0 Å². The maximum atomic E-state index is 7.01. The van der Waals surface area contributed by atoms with Crippen LogP contribution in [0.2, 0.25) is 76.0 Å². The van der Waals surface area contributed by atoms with Gasteiger partial charge in [-0.25, -0.2) is 0 Å². The fraction of sp³-hybridized carbons (Fsp3) is 0.800. The van der Waals surface area contributed by atoms with Crippen molar-refractivity contribution in [1.29, 1.82) is 0 Å². The summed E-state index contributed by atoms with van der Waals surface area (Å²) in [5.41, 5.74) is 7.52. The van der Waals surface area contributed by atoms with E-state index < -0.39 is 42.1 Å². The van der Waals surface area contributed by atoms with Gasteiger partial charge in [-0.1, -0.05) is 77.9 Å². The van der Waals surface area contributed by atoms with Crippen molar-refractivity contribution in [1.82, 2.24) is 0 Å². The SMILES string of the molecule is CC[Si](C=CC[SiH](C)C)(CC)O[Si](C)(C)O[Si](C=C[Si](C)(C)C)(CC)CC. The predicted molar refractivity (Wildman–Crippen MR) is 138 cm³/mol. The lowest BCUT2D eigenvalue weighted by molar-refractivity contribution is 0.388. The van der Waals surface area contributed by atoms with Gasteiger partial charge in [-0.2, -0.15) is 0 Å². The zero-order valence-corrected chi connectivity index (χ0v) is 25.4. The zero-order chi connectivity index (χ0) is 21.4. The molecule has 2 nitrogen and oxygen atoms in total. The molecule has 7 heteroatoms. The molecule has 0 aliphatic rings. The highest BCUT2D eigenvalue weighted by molar-refractivity contribution is 6.93. The van der Waals surface area contributed by atoms with Crippen molar-refractivity contribution in [2.45, 2.75) is 104 Å². The Hall–Kier alpha value is 0.484. The fourth-order valence-corrected chi connectivity index (χ4v) is 21.2. The summed E-state index contributed by atoms with van der Waals surface area (Å²) >= 11 is 0. The molecule has 0 saturated heterocycles. The quantitative estimate of drug-likeness (QED) is 0.269. The van der Waals surface area contributed by atoms with E-state index in [2.05, 4.69) is 96.7 Å². The highest BCUT2D eigenvalue weighted by Gasteiger charge is 2.43. The van der Waals surface area contributed by atoms with Gasteiger partial charge in [-0.3, -0.25) is 0 Å². The first kappa shape index (κ1) is 27.5. The van der Waals surface area contributed by atoms with Gasteiger partial charge in [0.25, 0.3) is 0 Å². The number of hydrogen-bond donors (Lipinski definition) is 0. The summed E-state index contributed by atoms with van der Waals surface area (Å²) in [6.45, 7) is 25.9. The standard InChI is InChI=1S/C20H48O2Si5/c1-12-26(13-2,18-16-17-23(5)6)21-25(10,11)22-27(14-3,15-4)20-19-24(7,8)9/h16,18-20,23H,12-15,17H2,1-11H3. The van der Waals surface area contributed by atoms with Crippen LogP contribution in [0.5, 0.6) is 0 Å². The first-order valence-electron chi connectivity index (χ1n) is 11.1. The Labute approximate surface area is 177 Å². The molecule has 0 N–H and O–H groups in total. The van der Waals surface area contributed by atoms with Crippen LogP contribution in [0, 0.1) is 0 Å². The van der Waals surface area contributed by atoms with E-state index >= 15 is 0 Å². The second-order valence-electron chi connectivity index (χ2n) is 9.88. The minimum absolute atomic E-state index is 0.544. The lowest BCUT2D eigenvalue weighted by Gasteiger charge is -2.41. The molecule has 0 amide bonds. The summed E-state index contributed by atoms with van der Waals surface area (Å²) in [6, 6.07) is 5.87. The Kier molecular flexibility index (Phi) is 11.8. The molecule has 0 radical (unpaired) electrons. The largest absolute Gasteiger partial charge is 0.433 e. The van der Waals surface area contributed by atoms with Crippen LogP contribution in [0.25, 0.3) is 0 Å². The molecule has 0 aromatic carbocycles. The highest BCUT2D eigenvalue weighted by Crippen LogP contribution is 2.30. The zero-order valence-electron chi connectivity index (χ0n) is 20.2. The molecule has 0 aliphatic carbocycles. The van der Waals surface area contributed by atoms with Gasteiger partial charge in [0.15, 0.2) is 0 Å². The first-order chi connectivity index (χ1) is 12.3. The molecule has 0 spiro atoms. The topological polar surface area (TPSA) is 18.5 Å². The molecule has 0 fully saturated rings. The minimum atomic E-state index is -2.18. The van der Waals surface area contributed by atoms with Gasteiger partial charge in [-0.15, -0.1) is 5.70 Å². The summed E-state index contributed by atoms with van der Waals surface area (Å²) in [5.74, 6) is 0. The Bertz CT molecular complexity index is 473. The maximum Gasteiger partial charge on any atom is 0.311 e. The normalized spacial score (nSPS) is 14.8. The Morgan fingerprint density at radius 3 is 1.41 bits per heavy atom. The van der Waals surface area contributed by atoms with Crippen LogP contribution in [0.3, 0.4) is 0 Å². The van der Waals surface area contributed by atoms with E-state index in [4.69, 9.17) is 8.23 Å². The summed E-state index contributed by atoms with van der Waals surface area (Å²) in [6.07, 6.45) is 2.44. The van der Waals surface area contributed by atoms with E-state index in [9.17, 15) is 0 Å². The van der Waals surface area contributed by atoms with E-state index in [1.807, 2.05) is 0 Å². The van der Waals surface area contributed by atoms with Crippen molar-refractivity contribution < 1.29 is 8.23 Å². The molecular weight excluding hydrogens is 413 g/mol. The van der Waals surface area contributed by atoms with Gasteiger partial charge in [0, 0.05) is 8.80 Å². The average molecular weight is 461 g/mol. The number of rotatable bonds is 13. The van der Waals surface area contributed by atoms with Crippen LogP contribution in [0.1, 0.15) is 27.7 Å². The lowest BCUT2D eigenvalue weighted by atomic mass is 10.8. The molecular formula is C20H48O2Si5. The van der Waals surface area contributed by atoms with Gasteiger partial charge in [0.05, 0.1) is 8.07 Å². The molecule has 0 aromatic rings. The number of hydrogen-bond acceptors (Lipinski definition) is 2. The van der Waals surface area contributed by atoms with E-state index in [1.165, 1.54) is 6.04 Å². The summed E-state index contributed by atoms with van der Waals surface area (Å²) in [7, 11) is -7.65. The molecule has 27 heavy (non-hydrogen) atoms. The van der Waals surface area contributed by atoms with Crippen molar-refractivity contribution in [3.63, 3.8) is 0 Å². The van der Waals surface area contributed by atoms with Gasteiger partial charge < -0.3 is 8.23 Å². The molecule has 160 valence electrons. The first-order valence-corrected chi connectivity index (χ1v) is 25.4. The van der Waals surface area contributed by atoms with Crippen molar-refractivity contribution in [3.8, 4) is 0 Å². The van der Waals surface area contributed by atoms with Crippen LogP contribution in [0.15, 0.2) is 23.2 Å². The third-order valence-electron chi connectivity index (χ3n) is 5.21. The molecule has 0 atom stereocenters. The third kappa shape index (κ3) is 10.7. The van der Waals surface area contributed by atoms with Gasteiger partial charge >= 0.3 is 8.56 Å². The van der Waals surface area contributed by atoms with E-state index in [0.29, 0.717) is 0 Å². The van der Waals surface area contributed by atoms with Crippen LogP contribution in [0.4, 0.5) is 0 Å². The smallest absolute Gasteiger partial charge is 0.311 e. The maximum absolute atomic E-state index is 7.01. The third-order valence-corrected chi connectivity index (χ3v) is 21.5. The van der Waals surface area contributed by atoms with Crippen LogP contribution < -0.4 is 0 Å². The van der Waals surface area contributed by atoms with Crippen molar-refractivity contribution in [3.05, 3.63) is 23.2 Å². The fourth-order valence-electron chi connectivity index (χ4n) is 3.28. The summed E-state index contributed by atoms with van der Waals surface area (Å²) in [4.78, 5) is 0. The van der Waals surface area contributed by atoms with Gasteiger partial charge in [0.2, 0.25) is 16.6 Å². The number of allylic oxidation sites excluding steroid dienone is 1. The molecule has 0 heterocycles. The van der Waals surface area contributed by atoms with E-state index in [0.717, 1.165) is 24.2 Å². The van der Waals surface area contributed by atoms with Crippen LogP contribution in [-0.4, -0.2) is 42.1 Å². The molecule has 0 rings (SSSR count). The second kappa shape index (κ2) is 11.6. The van der Waals surface area contributed by atoms with Crippen LogP contribution >= 0.6 is 0 Å². The van der Waals surface area contributed by atoms with Gasteiger partial charge in [-0.05, 0) is 43.3 Å². The van der Waals surface area contributed by atoms with Crippen LogP contribution in [-0.2, 0) is 8.23 Å².